The topological polar surface area (TPSA) is 43.8 Å². The first-order chi connectivity index (χ1) is 8.22. The molecule has 1 aromatic heterocycles. The largest absolute Gasteiger partial charge is 0.327 e. The van der Waals surface area contributed by atoms with E-state index in [1.54, 1.807) is 6.20 Å². The van der Waals surface area contributed by atoms with Gasteiger partial charge in [0.05, 0.1) is 5.69 Å². The van der Waals surface area contributed by atoms with Crippen LogP contribution < -0.4 is 5.73 Å². The second kappa shape index (κ2) is 3.70. The summed E-state index contributed by atoms with van der Waals surface area (Å²) in [5.74, 6) is 0. The van der Waals surface area contributed by atoms with E-state index in [0.29, 0.717) is 0 Å². The number of benzene rings is 1. The molecule has 0 amide bonds. The number of hydrogen-bond donors (Lipinski definition) is 1. The number of rotatable bonds is 3. The summed E-state index contributed by atoms with van der Waals surface area (Å²) in [7, 11) is 0. The summed E-state index contributed by atoms with van der Waals surface area (Å²) in [6, 6.07) is 10.8. The van der Waals surface area contributed by atoms with E-state index < -0.39 is 0 Å². The van der Waals surface area contributed by atoms with Crippen molar-refractivity contribution in [2.24, 2.45) is 5.73 Å². The Morgan fingerprint density at radius 2 is 2.00 bits per heavy atom. The molecule has 1 saturated carbocycles. The molecule has 3 heteroatoms. The van der Waals surface area contributed by atoms with E-state index in [9.17, 15) is 0 Å². The molecule has 2 N–H and O–H groups in total. The van der Waals surface area contributed by atoms with Crippen LogP contribution in [0.5, 0.6) is 0 Å². The number of aromatic nitrogens is 2. The minimum Gasteiger partial charge on any atom is -0.327 e. The molecular formula is C14H17N3. The van der Waals surface area contributed by atoms with E-state index in [0.717, 1.165) is 5.69 Å². The van der Waals surface area contributed by atoms with Crippen LogP contribution in [0.25, 0.3) is 5.69 Å². The monoisotopic (exact) mass is 227 g/mol. The second-order valence-corrected chi connectivity index (χ2v) is 4.94. The highest BCUT2D eigenvalue weighted by Gasteiger charge is 2.47. The molecule has 1 fully saturated rings. The van der Waals surface area contributed by atoms with E-state index >= 15 is 0 Å². The van der Waals surface area contributed by atoms with Gasteiger partial charge < -0.3 is 5.73 Å². The zero-order valence-electron chi connectivity index (χ0n) is 10.0. The Hall–Kier alpha value is -1.61. The Bertz CT molecular complexity index is 493. The molecule has 2 aromatic rings. The maximum Gasteiger partial charge on any atom is 0.0645 e. The van der Waals surface area contributed by atoms with Gasteiger partial charge in [0.15, 0.2) is 0 Å². The quantitative estimate of drug-likeness (QED) is 0.874. The summed E-state index contributed by atoms with van der Waals surface area (Å²) >= 11 is 0. The lowest BCUT2D eigenvalue weighted by Crippen LogP contribution is -2.31. The molecule has 1 aromatic carbocycles. The molecule has 0 spiro atoms. The summed E-state index contributed by atoms with van der Waals surface area (Å²) in [6.45, 7) is 2.11. The third-order valence-electron chi connectivity index (χ3n) is 3.87. The smallest absolute Gasteiger partial charge is 0.0645 e. The third-order valence-corrected chi connectivity index (χ3v) is 3.87. The fraction of sp³-hybridized carbons (Fsp3) is 0.357. The van der Waals surface area contributed by atoms with Gasteiger partial charge in [-0.05, 0) is 43.5 Å². The Morgan fingerprint density at radius 3 is 2.47 bits per heavy atom. The number of nitrogens with two attached hydrogens (primary N) is 1. The van der Waals surface area contributed by atoms with E-state index in [4.69, 9.17) is 5.73 Å². The van der Waals surface area contributed by atoms with Crippen molar-refractivity contribution in [2.45, 2.75) is 31.2 Å². The molecule has 1 atom stereocenters. The Morgan fingerprint density at radius 1 is 1.29 bits per heavy atom. The van der Waals surface area contributed by atoms with Crippen LogP contribution in [-0.4, -0.2) is 15.8 Å². The lowest BCUT2D eigenvalue weighted by atomic mass is 9.89. The maximum atomic E-state index is 6.08. The van der Waals surface area contributed by atoms with Gasteiger partial charge in [0.1, 0.15) is 0 Å². The van der Waals surface area contributed by atoms with Gasteiger partial charge in [0, 0.05) is 23.9 Å². The van der Waals surface area contributed by atoms with Crippen LogP contribution in [0.2, 0.25) is 0 Å². The summed E-state index contributed by atoms with van der Waals surface area (Å²) in [5.41, 5.74) is 8.78. The first-order valence-electron chi connectivity index (χ1n) is 6.08. The molecule has 1 unspecified atom stereocenters. The van der Waals surface area contributed by atoms with Crippen molar-refractivity contribution in [3.05, 3.63) is 48.3 Å². The van der Waals surface area contributed by atoms with Gasteiger partial charge >= 0.3 is 0 Å². The highest BCUT2D eigenvalue weighted by atomic mass is 15.3. The first kappa shape index (κ1) is 10.5. The average Bonchev–Trinajstić information content (AvgIpc) is 2.98. The fourth-order valence-corrected chi connectivity index (χ4v) is 2.51. The van der Waals surface area contributed by atoms with Crippen LogP contribution in [-0.2, 0) is 5.41 Å². The molecule has 1 aliphatic rings. The highest BCUT2D eigenvalue weighted by Crippen LogP contribution is 2.50. The Balaban J connectivity index is 1.91. The van der Waals surface area contributed by atoms with Crippen molar-refractivity contribution < 1.29 is 0 Å². The zero-order valence-corrected chi connectivity index (χ0v) is 10.0. The van der Waals surface area contributed by atoms with E-state index in [2.05, 4.69) is 36.3 Å². The third kappa shape index (κ3) is 1.67. The summed E-state index contributed by atoms with van der Waals surface area (Å²) in [6.07, 6.45) is 6.17. The highest BCUT2D eigenvalue weighted by molar-refractivity contribution is 5.40. The van der Waals surface area contributed by atoms with Gasteiger partial charge in [-0.1, -0.05) is 12.1 Å². The minimum atomic E-state index is 0.234. The van der Waals surface area contributed by atoms with E-state index in [-0.39, 0.29) is 11.5 Å². The van der Waals surface area contributed by atoms with Crippen molar-refractivity contribution in [1.29, 1.82) is 0 Å². The SMILES string of the molecule is CC(N)C1(c2ccc(-n3cccn3)cc2)CC1. The van der Waals surface area contributed by atoms with Crippen molar-refractivity contribution in [2.75, 3.05) is 0 Å². The molecule has 3 rings (SSSR count). The van der Waals surface area contributed by atoms with Gasteiger partial charge in [-0.3, -0.25) is 0 Å². The second-order valence-electron chi connectivity index (χ2n) is 4.94. The van der Waals surface area contributed by atoms with Crippen LogP contribution in [0.3, 0.4) is 0 Å². The lowest BCUT2D eigenvalue weighted by molar-refractivity contribution is 0.556. The average molecular weight is 227 g/mol. The standard InChI is InChI=1S/C14H17N3/c1-11(15)14(7-8-14)12-3-5-13(6-4-12)17-10-2-9-16-17/h2-6,9-11H,7-8,15H2,1H3. The van der Waals surface area contributed by atoms with E-state index in [1.165, 1.54) is 18.4 Å². The molecule has 88 valence electrons. The molecule has 0 radical (unpaired) electrons. The molecule has 1 aliphatic carbocycles. The van der Waals surface area contributed by atoms with Crippen molar-refractivity contribution in [1.82, 2.24) is 9.78 Å². The van der Waals surface area contributed by atoms with Crippen LogP contribution in [0.15, 0.2) is 42.7 Å². The molecule has 3 nitrogen and oxygen atoms in total. The number of nitrogens with zero attached hydrogens (tertiary/aromatic N) is 2. The van der Waals surface area contributed by atoms with Crippen molar-refractivity contribution in [3.63, 3.8) is 0 Å². The molecule has 17 heavy (non-hydrogen) atoms. The molecular weight excluding hydrogens is 210 g/mol. The molecule has 0 bridgehead atoms. The van der Waals surface area contributed by atoms with Crippen LogP contribution in [0.1, 0.15) is 25.3 Å². The molecule has 0 aliphatic heterocycles. The van der Waals surface area contributed by atoms with Crippen LogP contribution in [0.4, 0.5) is 0 Å². The predicted octanol–water partition coefficient (Wildman–Crippen LogP) is 2.25. The van der Waals surface area contributed by atoms with Gasteiger partial charge in [0.25, 0.3) is 0 Å². The first-order valence-corrected chi connectivity index (χ1v) is 6.08. The Labute approximate surface area is 101 Å². The predicted molar refractivity (Wildman–Crippen MR) is 68.1 cm³/mol. The number of hydrogen-bond acceptors (Lipinski definition) is 2. The zero-order chi connectivity index (χ0) is 11.9. The minimum absolute atomic E-state index is 0.234. The summed E-state index contributed by atoms with van der Waals surface area (Å²) in [5, 5.41) is 4.22. The molecule has 0 saturated heterocycles. The maximum absolute atomic E-state index is 6.08. The summed E-state index contributed by atoms with van der Waals surface area (Å²) < 4.78 is 1.87. The Kier molecular flexibility index (Phi) is 2.30. The van der Waals surface area contributed by atoms with Crippen molar-refractivity contribution >= 4 is 0 Å². The van der Waals surface area contributed by atoms with Gasteiger partial charge in [0.2, 0.25) is 0 Å². The normalized spacial score (nSPS) is 18.9. The van der Waals surface area contributed by atoms with Crippen molar-refractivity contribution in [3.8, 4) is 5.69 Å². The van der Waals surface area contributed by atoms with Gasteiger partial charge in [-0.2, -0.15) is 5.10 Å². The van der Waals surface area contributed by atoms with Crippen LogP contribution >= 0.6 is 0 Å². The van der Waals surface area contributed by atoms with Gasteiger partial charge in [-0.25, -0.2) is 4.68 Å². The lowest BCUT2D eigenvalue weighted by Gasteiger charge is -2.20. The molecule has 1 heterocycles. The van der Waals surface area contributed by atoms with Crippen LogP contribution in [0, 0.1) is 0 Å². The fourth-order valence-electron chi connectivity index (χ4n) is 2.51. The van der Waals surface area contributed by atoms with E-state index in [1.807, 2.05) is 16.9 Å². The summed E-state index contributed by atoms with van der Waals surface area (Å²) in [4.78, 5) is 0. The van der Waals surface area contributed by atoms with Gasteiger partial charge in [-0.15, -0.1) is 0 Å².